The van der Waals surface area contributed by atoms with E-state index in [1.54, 1.807) is 18.6 Å². The second-order valence-corrected chi connectivity index (χ2v) is 6.17. The van der Waals surface area contributed by atoms with E-state index in [1.165, 1.54) is 0 Å². The molecular formula is C20H16N4O2. The Balaban J connectivity index is 1.24. The van der Waals surface area contributed by atoms with E-state index in [1.807, 2.05) is 42.5 Å². The summed E-state index contributed by atoms with van der Waals surface area (Å²) in [6, 6.07) is 16.4. The van der Waals surface area contributed by atoms with Gasteiger partial charge >= 0.3 is 0 Å². The van der Waals surface area contributed by atoms with Crippen LogP contribution in [-0.4, -0.2) is 32.2 Å². The minimum absolute atomic E-state index is 0.0555. The van der Waals surface area contributed by atoms with E-state index >= 15 is 0 Å². The van der Waals surface area contributed by atoms with Crippen molar-refractivity contribution in [3.63, 3.8) is 0 Å². The van der Waals surface area contributed by atoms with Crippen LogP contribution < -0.4 is 9.47 Å². The first-order chi connectivity index (χ1) is 12.9. The number of aromatic nitrogens is 4. The molecule has 1 atom stereocenters. The van der Waals surface area contributed by atoms with Crippen LogP contribution in [0.15, 0.2) is 67.1 Å². The second kappa shape index (κ2) is 6.15. The molecule has 0 saturated heterocycles. The van der Waals surface area contributed by atoms with Gasteiger partial charge in [0.15, 0.2) is 6.10 Å². The van der Waals surface area contributed by atoms with Gasteiger partial charge in [-0.2, -0.15) is 4.98 Å². The smallest absolute Gasteiger partial charge is 0.297 e. The fourth-order valence-corrected chi connectivity index (χ4v) is 3.14. The summed E-state index contributed by atoms with van der Waals surface area (Å²) >= 11 is 0. The number of nitrogens with zero attached hydrogens (tertiary/aromatic N) is 4. The van der Waals surface area contributed by atoms with Crippen LogP contribution >= 0.6 is 0 Å². The zero-order valence-electron chi connectivity index (χ0n) is 13.9. The van der Waals surface area contributed by atoms with Crippen LogP contribution in [0, 0.1) is 0 Å². The molecule has 4 aromatic rings. The number of imidazole rings is 1. The van der Waals surface area contributed by atoms with Crippen molar-refractivity contribution in [2.24, 2.45) is 0 Å². The van der Waals surface area contributed by atoms with Gasteiger partial charge in [0.25, 0.3) is 6.01 Å². The molecule has 5 rings (SSSR count). The second-order valence-electron chi connectivity index (χ2n) is 6.17. The number of ether oxygens (including phenoxy) is 2. The van der Waals surface area contributed by atoms with Crippen LogP contribution in [0.2, 0.25) is 0 Å². The molecule has 0 bridgehead atoms. The van der Waals surface area contributed by atoms with E-state index in [9.17, 15) is 0 Å². The maximum atomic E-state index is 5.90. The molecule has 1 aromatic carbocycles. The number of rotatable bonds is 4. The van der Waals surface area contributed by atoms with Crippen LogP contribution in [0.3, 0.4) is 0 Å². The molecule has 6 nitrogen and oxygen atoms in total. The van der Waals surface area contributed by atoms with Gasteiger partial charge in [-0.1, -0.05) is 12.1 Å². The Hall–Kier alpha value is -3.41. The van der Waals surface area contributed by atoms with E-state index < -0.39 is 0 Å². The Bertz CT molecular complexity index is 1040. The van der Waals surface area contributed by atoms with Gasteiger partial charge in [0.05, 0.1) is 29.5 Å². The van der Waals surface area contributed by atoms with Gasteiger partial charge < -0.3 is 9.47 Å². The normalized spacial score (nSPS) is 15.6. The van der Waals surface area contributed by atoms with Crippen molar-refractivity contribution in [3.8, 4) is 23.0 Å². The van der Waals surface area contributed by atoms with E-state index in [0.717, 1.165) is 34.6 Å². The molecule has 3 aromatic heterocycles. The zero-order chi connectivity index (χ0) is 17.3. The predicted molar refractivity (Wildman–Crippen MR) is 97.1 cm³/mol. The number of fused-ring (bicyclic) bond motifs is 3. The molecule has 1 aliphatic heterocycles. The topological polar surface area (TPSA) is 62.1 Å². The van der Waals surface area contributed by atoms with Crippen LogP contribution in [0.4, 0.5) is 0 Å². The first-order valence-electron chi connectivity index (χ1n) is 8.48. The molecule has 1 aliphatic rings. The first-order valence-corrected chi connectivity index (χ1v) is 8.48. The van der Waals surface area contributed by atoms with Crippen LogP contribution in [-0.2, 0) is 6.54 Å². The van der Waals surface area contributed by atoms with Gasteiger partial charge in [0, 0.05) is 18.0 Å². The molecule has 6 heteroatoms. The monoisotopic (exact) mass is 344 g/mol. The van der Waals surface area contributed by atoms with Crippen molar-refractivity contribution >= 4 is 11.0 Å². The quantitative estimate of drug-likeness (QED) is 0.568. The summed E-state index contributed by atoms with van der Waals surface area (Å²) in [5.41, 5.74) is 3.90. The van der Waals surface area contributed by atoms with Gasteiger partial charge in [0.1, 0.15) is 12.4 Å². The molecule has 0 spiro atoms. The van der Waals surface area contributed by atoms with Crippen molar-refractivity contribution in [1.29, 1.82) is 0 Å². The molecule has 0 aliphatic carbocycles. The molecule has 26 heavy (non-hydrogen) atoms. The lowest BCUT2D eigenvalue weighted by Crippen LogP contribution is -2.23. The fourth-order valence-electron chi connectivity index (χ4n) is 3.14. The number of pyridine rings is 2. The summed E-state index contributed by atoms with van der Waals surface area (Å²) in [6.45, 7) is 1.18. The maximum Gasteiger partial charge on any atom is 0.297 e. The lowest BCUT2D eigenvalue weighted by molar-refractivity contribution is 0.143. The maximum absolute atomic E-state index is 5.90. The third-order valence-electron chi connectivity index (χ3n) is 4.41. The van der Waals surface area contributed by atoms with Crippen molar-refractivity contribution in [2.45, 2.75) is 12.6 Å². The van der Waals surface area contributed by atoms with E-state index in [2.05, 4.69) is 25.6 Å². The lowest BCUT2D eigenvalue weighted by Gasteiger charge is -2.11. The Morgan fingerprint density at radius 2 is 2.04 bits per heavy atom. The molecule has 0 amide bonds. The third kappa shape index (κ3) is 2.65. The summed E-state index contributed by atoms with van der Waals surface area (Å²) in [6.07, 6.45) is 5.21. The standard InChI is InChI=1S/C20H16N4O2/c1-2-6-19-18(5-1)23-20-24(19)12-16(26-20)13-25-15-7-8-17(22-11-15)14-4-3-9-21-10-14/h1-11,16H,12-13H2/t16-/m0/s1. The highest BCUT2D eigenvalue weighted by molar-refractivity contribution is 5.76. The highest BCUT2D eigenvalue weighted by Crippen LogP contribution is 2.28. The highest BCUT2D eigenvalue weighted by Gasteiger charge is 2.26. The average Bonchev–Trinajstić information content (AvgIpc) is 3.25. The Kier molecular flexibility index (Phi) is 3.52. The number of para-hydroxylation sites is 2. The fraction of sp³-hybridized carbons (Fsp3) is 0.150. The summed E-state index contributed by atoms with van der Waals surface area (Å²) in [5, 5.41) is 0. The van der Waals surface area contributed by atoms with E-state index in [0.29, 0.717) is 12.6 Å². The Labute approximate surface area is 150 Å². The molecule has 128 valence electrons. The number of hydrogen-bond donors (Lipinski definition) is 0. The predicted octanol–water partition coefficient (Wildman–Crippen LogP) is 3.33. The summed E-state index contributed by atoms with van der Waals surface area (Å²) in [4.78, 5) is 13.1. The first kappa shape index (κ1) is 14.9. The highest BCUT2D eigenvalue weighted by atomic mass is 16.6. The molecule has 0 fully saturated rings. The molecule has 0 saturated carbocycles. The molecule has 0 unspecified atom stereocenters. The van der Waals surface area contributed by atoms with Gasteiger partial charge in [-0.05, 0) is 36.4 Å². The molecule has 4 heterocycles. The van der Waals surface area contributed by atoms with Crippen molar-refractivity contribution in [3.05, 3.63) is 67.1 Å². The number of benzene rings is 1. The van der Waals surface area contributed by atoms with Crippen molar-refractivity contribution in [2.75, 3.05) is 6.61 Å². The Morgan fingerprint density at radius 1 is 1.08 bits per heavy atom. The van der Waals surface area contributed by atoms with Gasteiger partial charge in [0.2, 0.25) is 0 Å². The minimum Gasteiger partial charge on any atom is -0.488 e. The largest absolute Gasteiger partial charge is 0.488 e. The van der Waals surface area contributed by atoms with E-state index in [4.69, 9.17) is 9.47 Å². The van der Waals surface area contributed by atoms with Gasteiger partial charge in [-0.15, -0.1) is 0 Å². The van der Waals surface area contributed by atoms with Crippen LogP contribution in [0.1, 0.15) is 0 Å². The van der Waals surface area contributed by atoms with Gasteiger partial charge in [-0.3, -0.25) is 14.5 Å². The summed E-state index contributed by atoms with van der Waals surface area (Å²) in [5.74, 6) is 0.718. The van der Waals surface area contributed by atoms with Crippen LogP contribution in [0.5, 0.6) is 11.8 Å². The lowest BCUT2D eigenvalue weighted by atomic mass is 10.2. The molecule has 0 radical (unpaired) electrons. The summed E-state index contributed by atoms with van der Waals surface area (Å²) in [7, 11) is 0. The van der Waals surface area contributed by atoms with Gasteiger partial charge in [-0.25, -0.2) is 0 Å². The third-order valence-corrected chi connectivity index (χ3v) is 4.41. The van der Waals surface area contributed by atoms with Crippen molar-refractivity contribution in [1.82, 2.24) is 19.5 Å². The van der Waals surface area contributed by atoms with Crippen LogP contribution in [0.25, 0.3) is 22.3 Å². The number of hydrogen-bond acceptors (Lipinski definition) is 5. The summed E-state index contributed by atoms with van der Waals surface area (Å²) < 4.78 is 13.8. The molecule has 0 N–H and O–H groups in total. The zero-order valence-corrected chi connectivity index (χ0v) is 13.9. The Morgan fingerprint density at radius 3 is 2.88 bits per heavy atom. The van der Waals surface area contributed by atoms with Crippen molar-refractivity contribution < 1.29 is 9.47 Å². The minimum atomic E-state index is -0.0555. The average molecular weight is 344 g/mol. The molecular weight excluding hydrogens is 328 g/mol. The SMILES string of the molecule is c1cncc(-c2ccc(OC[C@@H]3Cn4c(nc5ccccc54)O3)cn2)c1. The van der Waals surface area contributed by atoms with E-state index in [-0.39, 0.29) is 6.10 Å².